The molecule has 0 atom stereocenters. The second-order valence-corrected chi connectivity index (χ2v) is 8.16. The average molecular weight is 460 g/mol. The summed E-state index contributed by atoms with van der Waals surface area (Å²) in [4.78, 5) is 24.4. The monoisotopic (exact) mass is 459 g/mol. The van der Waals surface area contributed by atoms with E-state index in [-0.39, 0.29) is 11.5 Å². The molecule has 9 heteroatoms. The Hall–Kier alpha value is -2.62. The number of fused-ring (bicyclic) bond motifs is 1. The molecule has 0 unspecified atom stereocenters. The largest absolute Gasteiger partial charge is 0.478 e. The third kappa shape index (κ3) is 3.48. The number of aromatic carboxylic acids is 1. The first-order valence-corrected chi connectivity index (χ1v) is 10.1. The van der Waals surface area contributed by atoms with Crippen LogP contribution in [0.1, 0.15) is 20.7 Å². The number of carbonyl (C=O) groups is 2. The zero-order valence-electron chi connectivity index (χ0n) is 13.5. The summed E-state index contributed by atoms with van der Waals surface area (Å²) in [5, 5.41) is 18.4. The third-order valence-electron chi connectivity index (χ3n) is 3.90. The average Bonchev–Trinajstić information content (AvgIpc) is 3.28. The van der Waals surface area contributed by atoms with Crippen LogP contribution in [0.2, 0.25) is 0 Å². The number of anilines is 1. The summed E-state index contributed by atoms with van der Waals surface area (Å²) in [5.74, 6) is -1.47. The van der Waals surface area contributed by atoms with Crippen molar-refractivity contribution in [1.29, 1.82) is 0 Å². The Bertz CT molecular complexity index is 1170. The number of carboxylic acids is 1. The van der Waals surface area contributed by atoms with E-state index in [9.17, 15) is 14.7 Å². The van der Waals surface area contributed by atoms with Gasteiger partial charge in [0.15, 0.2) is 0 Å². The van der Waals surface area contributed by atoms with Gasteiger partial charge < -0.3 is 10.4 Å². The van der Waals surface area contributed by atoms with Crippen molar-refractivity contribution < 1.29 is 14.7 Å². The first kappa shape index (κ1) is 17.8. The highest BCUT2D eigenvalue weighted by molar-refractivity contribution is 9.10. The summed E-state index contributed by atoms with van der Waals surface area (Å²) < 4.78 is 5.54. The van der Waals surface area contributed by atoms with E-state index in [4.69, 9.17) is 0 Å². The first-order valence-electron chi connectivity index (χ1n) is 7.67. The molecule has 0 bridgehead atoms. The standard InChI is InChI=1S/C18H10BrN3O3S2/c19-11-4-1-9(2-5-11)12-8-26-17(15(12)18(24)25)20-16(23)10-3-6-13-14(7-10)27-22-21-13/h1-8H,(H,20,23)(H,24,25). The lowest BCUT2D eigenvalue weighted by Gasteiger charge is -2.06. The van der Waals surface area contributed by atoms with E-state index in [1.165, 1.54) is 22.9 Å². The fraction of sp³-hybridized carbons (Fsp3) is 0. The number of hydrogen-bond acceptors (Lipinski definition) is 6. The summed E-state index contributed by atoms with van der Waals surface area (Å²) in [7, 11) is 0. The number of thiophene rings is 1. The topological polar surface area (TPSA) is 92.2 Å². The first-order chi connectivity index (χ1) is 13.0. The highest BCUT2D eigenvalue weighted by atomic mass is 79.9. The van der Waals surface area contributed by atoms with Gasteiger partial charge in [-0.2, -0.15) is 0 Å². The molecule has 0 radical (unpaired) electrons. The molecule has 2 N–H and O–H groups in total. The van der Waals surface area contributed by atoms with Crippen molar-refractivity contribution in [2.45, 2.75) is 0 Å². The van der Waals surface area contributed by atoms with Gasteiger partial charge in [0.1, 0.15) is 16.1 Å². The van der Waals surface area contributed by atoms with Crippen molar-refractivity contribution in [2.24, 2.45) is 0 Å². The molecular weight excluding hydrogens is 450 g/mol. The van der Waals surface area contributed by atoms with Crippen molar-refractivity contribution >= 4 is 65.9 Å². The minimum atomic E-state index is -1.09. The number of benzene rings is 2. The fourth-order valence-electron chi connectivity index (χ4n) is 2.60. The molecule has 4 aromatic rings. The van der Waals surface area contributed by atoms with Crippen LogP contribution >= 0.6 is 38.8 Å². The second kappa shape index (κ2) is 7.18. The molecule has 0 aliphatic carbocycles. The molecule has 4 rings (SSSR count). The van der Waals surface area contributed by atoms with E-state index in [1.54, 1.807) is 23.6 Å². The van der Waals surface area contributed by atoms with Crippen molar-refractivity contribution in [1.82, 2.24) is 9.59 Å². The van der Waals surface area contributed by atoms with Gasteiger partial charge in [0.2, 0.25) is 0 Å². The molecular formula is C18H10BrN3O3S2. The minimum absolute atomic E-state index is 0.0798. The van der Waals surface area contributed by atoms with Crippen molar-refractivity contribution in [2.75, 3.05) is 5.32 Å². The van der Waals surface area contributed by atoms with Crippen molar-refractivity contribution in [3.8, 4) is 11.1 Å². The Balaban J connectivity index is 1.68. The van der Waals surface area contributed by atoms with E-state index in [1.807, 2.05) is 24.3 Å². The smallest absolute Gasteiger partial charge is 0.339 e. The van der Waals surface area contributed by atoms with Crippen LogP contribution in [0.3, 0.4) is 0 Å². The summed E-state index contributed by atoms with van der Waals surface area (Å²) in [6, 6.07) is 12.4. The molecule has 2 heterocycles. The van der Waals surface area contributed by atoms with E-state index in [0.717, 1.165) is 20.3 Å². The Morgan fingerprint density at radius 3 is 2.63 bits per heavy atom. The number of carbonyl (C=O) groups excluding carboxylic acids is 1. The molecule has 0 saturated carbocycles. The predicted octanol–water partition coefficient (Wildman–Crippen LogP) is 5.13. The molecule has 6 nitrogen and oxygen atoms in total. The summed E-state index contributed by atoms with van der Waals surface area (Å²) in [5.41, 5.74) is 2.55. The SMILES string of the molecule is O=C(Nc1scc(-c2ccc(Br)cc2)c1C(=O)O)c1ccc2nnsc2c1. The number of halogens is 1. The summed E-state index contributed by atoms with van der Waals surface area (Å²) >= 11 is 5.75. The van der Waals surface area contributed by atoms with Gasteiger partial charge in [-0.25, -0.2) is 4.79 Å². The molecule has 1 amide bonds. The molecule has 2 aromatic carbocycles. The highest BCUT2D eigenvalue weighted by Gasteiger charge is 2.21. The molecule has 0 spiro atoms. The fourth-order valence-corrected chi connectivity index (χ4v) is 4.42. The highest BCUT2D eigenvalue weighted by Crippen LogP contribution is 2.36. The van der Waals surface area contributed by atoms with Crippen LogP contribution < -0.4 is 5.32 Å². The lowest BCUT2D eigenvalue weighted by Crippen LogP contribution is -2.13. The Labute approximate surface area is 169 Å². The zero-order valence-corrected chi connectivity index (χ0v) is 16.7. The van der Waals surface area contributed by atoms with Crippen LogP contribution in [0, 0.1) is 0 Å². The van der Waals surface area contributed by atoms with Crippen LogP contribution in [0.25, 0.3) is 21.3 Å². The normalized spacial score (nSPS) is 10.9. The van der Waals surface area contributed by atoms with E-state index < -0.39 is 5.97 Å². The lowest BCUT2D eigenvalue weighted by atomic mass is 10.0. The van der Waals surface area contributed by atoms with Gasteiger partial charge in [-0.3, -0.25) is 4.79 Å². The number of amides is 1. The Morgan fingerprint density at radius 1 is 1.11 bits per heavy atom. The van der Waals surface area contributed by atoms with E-state index in [0.29, 0.717) is 16.1 Å². The molecule has 0 aliphatic heterocycles. The van der Waals surface area contributed by atoms with Gasteiger partial charge in [0.25, 0.3) is 5.91 Å². The predicted molar refractivity (Wildman–Crippen MR) is 110 cm³/mol. The van der Waals surface area contributed by atoms with Crippen LogP contribution in [0.4, 0.5) is 5.00 Å². The number of nitrogens with zero attached hydrogens (tertiary/aromatic N) is 2. The third-order valence-corrected chi connectivity index (χ3v) is 6.01. The molecule has 0 saturated heterocycles. The van der Waals surface area contributed by atoms with Gasteiger partial charge in [0.05, 0.1) is 4.70 Å². The maximum atomic E-state index is 12.6. The summed E-state index contributed by atoms with van der Waals surface area (Å²) in [6.45, 7) is 0. The van der Waals surface area contributed by atoms with Gasteiger partial charge in [-0.05, 0) is 47.4 Å². The lowest BCUT2D eigenvalue weighted by molar-refractivity contribution is 0.0699. The van der Waals surface area contributed by atoms with E-state index >= 15 is 0 Å². The minimum Gasteiger partial charge on any atom is -0.478 e. The van der Waals surface area contributed by atoms with Gasteiger partial charge in [-0.1, -0.05) is 32.6 Å². The molecule has 134 valence electrons. The number of carboxylic acid groups (broad SMARTS) is 1. The number of nitrogens with one attached hydrogen (secondary N) is 1. The number of hydrogen-bond donors (Lipinski definition) is 2. The van der Waals surface area contributed by atoms with Crippen LogP contribution in [-0.2, 0) is 0 Å². The van der Waals surface area contributed by atoms with Gasteiger partial charge >= 0.3 is 5.97 Å². The molecule has 0 fully saturated rings. The van der Waals surface area contributed by atoms with Crippen LogP contribution in [0.15, 0.2) is 52.3 Å². The zero-order chi connectivity index (χ0) is 19.0. The Kier molecular flexibility index (Phi) is 4.73. The van der Waals surface area contributed by atoms with Gasteiger partial charge in [-0.15, -0.1) is 16.4 Å². The second-order valence-electron chi connectivity index (χ2n) is 5.58. The van der Waals surface area contributed by atoms with Crippen LogP contribution in [0.5, 0.6) is 0 Å². The van der Waals surface area contributed by atoms with Crippen molar-refractivity contribution in [3.63, 3.8) is 0 Å². The van der Waals surface area contributed by atoms with Crippen molar-refractivity contribution in [3.05, 3.63) is 63.4 Å². The summed E-state index contributed by atoms with van der Waals surface area (Å²) in [6.07, 6.45) is 0. The molecule has 0 aliphatic rings. The molecule has 27 heavy (non-hydrogen) atoms. The number of aromatic nitrogens is 2. The maximum Gasteiger partial charge on any atom is 0.339 e. The van der Waals surface area contributed by atoms with Gasteiger partial charge in [0, 0.05) is 21.0 Å². The van der Waals surface area contributed by atoms with E-state index in [2.05, 4.69) is 30.8 Å². The molecule has 2 aromatic heterocycles. The number of rotatable bonds is 4. The maximum absolute atomic E-state index is 12.6. The van der Waals surface area contributed by atoms with Crippen LogP contribution in [-0.4, -0.2) is 26.6 Å². The Morgan fingerprint density at radius 2 is 1.89 bits per heavy atom. The quantitative estimate of drug-likeness (QED) is 0.441.